The first-order chi connectivity index (χ1) is 11.5. The average Bonchev–Trinajstić information content (AvgIpc) is 2.91. The summed E-state index contributed by atoms with van der Waals surface area (Å²) in [7, 11) is 2.10. The van der Waals surface area contributed by atoms with Crippen LogP contribution in [0.3, 0.4) is 0 Å². The molecule has 0 saturated carbocycles. The average molecular weight is 317 g/mol. The molecule has 0 N–H and O–H groups in total. The van der Waals surface area contributed by atoms with Crippen molar-refractivity contribution in [2.45, 2.75) is 26.7 Å². The second-order valence-electron chi connectivity index (χ2n) is 6.69. The highest BCUT2D eigenvalue weighted by molar-refractivity contribution is 6.04. The molecule has 0 amide bonds. The molecule has 3 nitrogen and oxygen atoms in total. The van der Waals surface area contributed by atoms with Gasteiger partial charge < -0.3 is 4.42 Å². The number of aryl methyl sites for hydroxylation is 2. The first-order valence-corrected chi connectivity index (χ1v) is 8.33. The number of rotatable bonds is 2. The SMILES string of the molecule is Cc1nc2oc3ccccc3c2cc1-c1ccc(C(C)C)c[n+]1C. The van der Waals surface area contributed by atoms with Crippen LogP contribution in [0.15, 0.2) is 53.1 Å². The summed E-state index contributed by atoms with van der Waals surface area (Å²) in [6.07, 6.45) is 2.21. The Labute approximate surface area is 141 Å². The lowest BCUT2D eigenvalue weighted by molar-refractivity contribution is -0.660. The number of para-hydroxylation sites is 1. The first kappa shape index (κ1) is 14.9. The van der Waals surface area contributed by atoms with E-state index in [-0.39, 0.29) is 0 Å². The Bertz CT molecular complexity index is 1060. The van der Waals surface area contributed by atoms with E-state index in [9.17, 15) is 0 Å². The van der Waals surface area contributed by atoms with Crippen molar-refractivity contribution < 1.29 is 8.98 Å². The van der Waals surface area contributed by atoms with Crippen LogP contribution in [0.5, 0.6) is 0 Å². The molecule has 4 aromatic rings. The summed E-state index contributed by atoms with van der Waals surface area (Å²) in [5.74, 6) is 0.518. The van der Waals surface area contributed by atoms with E-state index in [4.69, 9.17) is 9.40 Å². The van der Waals surface area contributed by atoms with Crippen LogP contribution in [-0.4, -0.2) is 4.98 Å². The molecule has 3 aromatic heterocycles. The quantitative estimate of drug-likeness (QED) is 0.492. The minimum Gasteiger partial charge on any atom is -0.438 e. The van der Waals surface area contributed by atoms with E-state index in [1.165, 1.54) is 5.56 Å². The fourth-order valence-electron chi connectivity index (χ4n) is 3.25. The molecule has 4 rings (SSSR count). The minimum absolute atomic E-state index is 0.518. The third-order valence-corrected chi connectivity index (χ3v) is 4.66. The fourth-order valence-corrected chi connectivity index (χ4v) is 3.25. The number of hydrogen-bond donors (Lipinski definition) is 0. The number of fused-ring (bicyclic) bond motifs is 3. The summed E-state index contributed by atoms with van der Waals surface area (Å²) in [5, 5.41) is 2.18. The van der Waals surface area contributed by atoms with Crippen LogP contribution in [0, 0.1) is 6.92 Å². The van der Waals surface area contributed by atoms with Crippen LogP contribution in [0.2, 0.25) is 0 Å². The summed E-state index contributed by atoms with van der Waals surface area (Å²) in [6.45, 7) is 6.47. The van der Waals surface area contributed by atoms with Gasteiger partial charge in [0.1, 0.15) is 12.6 Å². The minimum atomic E-state index is 0.518. The van der Waals surface area contributed by atoms with E-state index in [1.54, 1.807) is 0 Å². The first-order valence-electron chi connectivity index (χ1n) is 8.33. The maximum absolute atomic E-state index is 5.89. The molecule has 3 heteroatoms. The third-order valence-electron chi connectivity index (χ3n) is 4.66. The maximum atomic E-state index is 5.89. The van der Waals surface area contributed by atoms with Gasteiger partial charge in [-0.2, -0.15) is 0 Å². The standard InChI is InChI=1S/C21H21N2O/c1-13(2)15-9-10-19(23(4)12-15)17-11-18-16-7-5-6-8-20(16)24-21(18)22-14(17)3/h5-13H,1-4H3/q+1. The van der Waals surface area contributed by atoms with E-state index < -0.39 is 0 Å². The summed E-state index contributed by atoms with van der Waals surface area (Å²) in [6, 6.07) is 14.7. The number of aromatic nitrogens is 2. The Morgan fingerprint density at radius 1 is 1.04 bits per heavy atom. The molecule has 3 heterocycles. The molecule has 0 aliphatic heterocycles. The van der Waals surface area contributed by atoms with E-state index in [0.29, 0.717) is 11.6 Å². The summed E-state index contributed by atoms with van der Waals surface area (Å²) >= 11 is 0. The molecule has 24 heavy (non-hydrogen) atoms. The number of benzene rings is 1. The molecule has 0 aliphatic carbocycles. The van der Waals surface area contributed by atoms with Gasteiger partial charge in [0, 0.05) is 22.4 Å². The van der Waals surface area contributed by atoms with Gasteiger partial charge in [0.25, 0.3) is 0 Å². The Morgan fingerprint density at radius 3 is 2.58 bits per heavy atom. The maximum Gasteiger partial charge on any atom is 0.227 e. The lowest BCUT2D eigenvalue weighted by Gasteiger charge is -2.07. The van der Waals surface area contributed by atoms with Gasteiger partial charge in [0.15, 0.2) is 6.20 Å². The fraction of sp³-hybridized carbons (Fsp3) is 0.238. The van der Waals surface area contributed by atoms with Crippen molar-refractivity contribution in [3.63, 3.8) is 0 Å². The molecule has 0 radical (unpaired) electrons. The van der Waals surface area contributed by atoms with Crippen molar-refractivity contribution in [3.8, 4) is 11.3 Å². The monoisotopic (exact) mass is 317 g/mol. The molecule has 0 spiro atoms. The van der Waals surface area contributed by atoms with Gasteiger partial charge in [-0.05, 0) is 31.0 Å². The van der Waals surface area contributed by atoms with Gasteiger partial charge in [-0.3, -0.25) is 0 Å². The van der Waals surface area contributed by atoms with E-state index in [0.717, 1.165) is 33.3 Å². The van der Waals surface area contributed by atoms with Gasteiger partial charge in [-0.1, -0.05) is 32.0 Å². The van der Waals surface area contributed by atoms with Crippen molar-refractivity contribution in [2.24, 2.45) is 7.05 Å². The lowest BCUT2D eigenvalue weighted by atomic mass is 10.0. The zero-order valence-electron chi connectivity index (χ0n) is 14.5. The molecule has 120 valence electrons. The number of hydrogen-bond acceptors (Lipinski definition) is 2. The smallest absolute Gasteiger partial charge is 0.227 e. The number of furan rings is 1. The van der Waals surface area contributed by atoms with Crippen LogP contribution in [0.1, 0.15) is 31.0 Å². The molecule has 0 fully saturated rings. The van der Waals surface area contributed by atoms with Crippen LogP contribution in [0.25, 0.3) is 33.3 Å². The third kappa shape index (κ3) is 2.28. The molecule has 0 unspecified atom stereocenters. The van der Waals surface area contributed by atoms with Gasteiger partial charge >= 0.3 is 0 Å². The van der Waals surface area contributed by atoms with E-state index in [2.05, 4.69) is 55.9 Å². The molecule has 0 aliphatic rings. The molecule has 0 atom stereocenters. The second-order valence-corrected chi connectivity index (χ2v) is 6.69. The normalized spacial score (nSPS) is 11.7. The van der Waals surface area contributed by atoms with Crippen LogP contribution < -0.4 is 4.57 Å². The predicted molar refractivity (Wildman–Crippen MR) is 97.0 cm³/mol. The highest BCUT2D eigenvalue weighted by atomic mass is 16.3. The zero-order valence-corrected chi connectivity index (χ0v) is 14.5. The van der Waals surface area contributed by atoms with Gasteiger partial charge in [0.05, 0.1) is 11.3 Å². The topological polar surface area (TPSA) is 29.9 Å². The molecular formula is C21H21N2O+. The molecule has 1 aromatic carbocycles. The molecular weight excluding hydrogens is 296 g/mol. The summed E-state index contributed by atoms with van der Waals surface area (Å²) in [5.41, 5.74) is 6.22. The Hall–Kier alpha value is -2.68. The summed E-state index contributed by atoms with van der Waals surface area (Å²) in [4.78, 5) is 4.71. The Morgan fingerprint density at radius 2 is 1.83 bits per heavy atom. The van der Waals surface area contributed by atoms with Gasteiger partial charge in [-0.15, -0.1) is 0 Å². The Balaban J connectivity index is 1.96. The summed E-state index contributed by atoms with van der Waals surface area (Å²) < 4.78 is 8.07. The second kappa shape index (κ2) is 5.45. The van der Waals surface area contributed by atoms with Gasteiger partial charge in [-0.25, -0.2) is 9.55 Å². The van der Waals surface area contributed by atoms with Crippen molar-refractivity contribution in [2.75, 3.05) is 0 Å². The predicted octanol–water partition coefficient (Wildman–Crippen LogP) is 4.90. The van der Waals surface area contributed by atoms with Crippen LogP contribution in [-0.2, 0) is 7.05 Å². The number of nitrogens with zero attached hydrogens (tertiary/aromatic N) is 2. The largest absolute Gasteiger partial charge is 0.438 e. The highest BCUT2D eigenvalue weighted by Crippen LogP contribution is 2.31. The van der Waals surface area contributed by atoms with E-state index in [1.807, 2.05) is 25.1 Å². The Kier molecular flexibility index (Phi) is 3.38. The van der Waals surface area contributed by atoms with E-state index >= 15 is 0 Å². The molecule has 0 saturated heterocycles. The van der Waals surface area contributed by atoms with Crippen molar-refractivity contribution >= 4 is 22.1 Å². The van der Waals surface area contributed by atoms with Crippen molar-refractivity contribution in [3.05, 3.63) is 59.9 Å². The van der Waals surface area contributed by atoms with Gasteiger partial charge in [0.2, 0.25) is 11.4 Å². The van der Waals surface area contributed by atoms with Crippen molar-refractivity contribution in [1.82, 2.24) is 4.98 Å². The van der Waals surface area contributed by atoms with Crippen LogP contribution in [0.4, 0.5) is 0 Å². The highest BCUT2D eigenvalue weighted by Gasteiger charge is 2.18. The van der Waals surface area contributed by atoms with Crippen molar-refractivity contribution in [1.29, 1.82) is 0 Å². The molecule has 0 bridgehead atoms. The zero-order chi connectivity index (χ0) is 16.8. The lowest BCUT2D eigenvalue weighted by Crippen LogP contribution is -2.31. The van der Waals surface area contributed by atoms with Crippen LogP contribution >= 0.6 is 0 Å². The number of pyridine rings is 2.